The summed E-state index contributed by atoms with van der Waals surface area (Å²) in [5, 5.41) is 3.40. The molecule has 0 unspecified atom stereocenters. The molecule has 1 fully saturated rings. The first-order chi connectivity index (χ1) is 12.5. The van der Waals surface area contributed by atoms with E-state index < -0.39 is 0 Å². The summed E-state index contributed by atoms with van der Waals surface area (Å²) < 4.78 is 2.61. The van der Waals surface area contributed by atoms with Crippen LogP contribution in [0, 0.1) is 0 Å². The molecule has 0 aromatic carbocycles. The van der Waals surface area contributed by atoms with Crippen molar-refractivity contribution in [2.75, 3.05) is 23.3 Å². The highest BCUT2D eigenvalue weighted by Gasteiger charge is 2.25. The average Bonchev–Trinajstić information content (AvgIpc) is 3.11. The zero-order valence-corrected chi connectivity index (χ0v) is 14.6. The molecule has 1 atom stereocenters. The molecule has 9 nitrogen and oxygen atoms in total. The minimum Gasteiger partial charge on any atom is -0.365 e. The van der Waals surface area contributed by atoms with Gasteiger partial charge in [0.2, 0.25) is 0 Å². The van der Waals surface area contributed by atoms with Gasteiger partial charge in [-0.1, -0.05) is 0 Å². The average molecular weight is 353 g/mol. The molecule has 0 radical (unpaired) electrons. The molecular weight excluding hydrogens is 334 g/mol. The molecule has 4 rings (SSSR count). The Hall–Kier alpha value is -3.23. The highest BCUT2D eigenvalue weighted by molar-refractivity contribution is 5.71. The second kappa shape index (κ2) is 6.25. The number of nitrogens with one attached hydrogen (secondary N) is 1. The maximum atomic E-state index is 12.1. The smallest absolute Gasteiger partial charge is 0.332 e. The van der Waals surface area contributed by atoms with E-state index in [1.807, 2.05) is 17.0 Å². The Morgan fingerprint density at radius 3 is 2.77 bits per heavy atom. The summed E-state index contributed by atoms with van der Waals surface area (Å²) in [4.78, 5) is 39.0. The van der Waals surface area contributed by atoms with Crippen LogP contribution in [-0.2, 0) is 14.1 Å². The van der Waals surface area contributed by atoms with Gasteiger partial charge >= 0.3 is 5.69 Å². The van der Waals surface area contributed by atoms with Gasteiger partial charge in [-0.25, -0.2) is 14.8 Å². The second-order valence-corrected chi connectivity index (χ2v) is 6.41. The monoisotopic (exact) mass is 353 g/mol. The fourth-order valence-electron chi connectivity index (χ4n) is 3.25. The van der Waals surface area contributed by atoms with E-state index in [0.29, 0.717) is 18.0 Å². The molecule has 134 valence electrons. The lowest BCUT2D eigenvalue weighted by atomic mass is 10.2. The van der Waals surface area contributed by atoms with Gasteiger partial charge in [0, 0.05) is 51.7 Å². The minimum atomic E-state index is -0.321. The lowest BCUT2D eigenvalue weighted by Gasteiger charge is -2.21. The van der Waals surface area contributed by atoms with Crippen LogP contribution >= 0.6 is 0 Å². The standard InChI is InChI=1S/C17H19N7O2/c1-22-14(9-15(25)23(2)17(22)26)24-8-5-11(10-24)20-13-4-3-12-16(21-13)19-7-6-18-12/h3-4,6-7,9,11H,5,8,10H2,1-2H3,(H,19,20,21)/t11-/m0/s1. The van der Waals surface area contributed by atoms with Crippen molar-refractivity contribution in [3.63, 3.8) is 0 Å². The van der Waals surface area contributed by atoms with Crippen molar-refractivity contribution < 1.29 is 0 Å². The maximum absolute atomic E-state index is 12.1. The van der Waals surface area contributed by atoms with Crippen LogP contribution in [0.2, 0.25) is 0 Å². The molecule has 3 aromatic rings. The highest BCUT2D eigenvalue weighted by Crippen LogP contribution is 2.20. The number of fused-ring (bicyclic) bond motifs is 1. The molecule has 1 N–H and O–H groups in total. The third-order valence-corrected chi connectivity index (χ3v) is 4.70. The quantitative estimate of drug-likeness (QED) is 0.714. The highest BCUT2D eigenvalue weighted by atomic mass is 16.2. The summed E-state index contributed by atoms with van der Waals surface area (Å²) in [6, 6.07) is 5.44. The van der Waals surface area contributed by atoms with Crippen molar-refractivity contribution in [3.8, 4) is 0 Å². The van der Waals surface area contributed by atoms with Gasteiger partial charge in [0.05, 0.1) is 0 Å². The number of rotatable bonds is 3. The van der Waals surface area contributed by atoms with Gasteiger partial charge in [-0.2, -0.15) is 0 Å². The first-order valence-electron chi connectivity index (χ1n) is 8.39. The topological polar surface area (TPSA) is 97.9 Å². The number of anilines is 2. The molecule has 0 amide bonds. The lowest BCUT2D eigenvalue weighted by Crippen LogP contribution is -2.40. The third kappa shape index (κ3) is 2.81. The van der Waals surface area contributed by atoms with Crippen molar-refractivity contribution in [1.29, 1.82) is 0 Å². The van der Waals surface area contributed by atoms with Gasteiger partial charge in [-0.15, -0.1) is 0 Å². The molecule has 1 saturated heterocycles. The Kier molecular flexibility index (Phi) is 3.90. The molecular formula is C17H19N7O2. The van der Waals surface area contributed by atoms with Crippen molar-refractivity contribution in [2.45, 2.75) is 12.5 Å². The minimum absolute atomic E-state index is 0.163. The molecule has 1 aliphatic heterocycles. The van der Waals surface area contributed by atoms with E-state index >= 15 is 0 Å². The molecule has 0 bridgehead atoms. The van der Waals surface area contributed by atoms with Crippen LogP contribution in [-0.4, -0.2) is 43.2 Å². The van der Waals surface area contributed by atoms with Crippen LogP contribution in [0.15, 0.2) is 40.2 Å². The first-order valence-corrected chi connectivity index (χ1v) is 8.39. The van der Waals surface area contributed by atoms with Gasteiger partial charge in [0.15, 0.2) is 5.65 Å². The van der Waals surface area contributed by atoms with Crippen molar-refractivity contribution in [1.82, 2.24) is 24.1 Å². The van der Waals surface area contributed by atoms with Gasteiger partial charge in [-0.3, -0.25) is 18.9 Å². The molecule has 26 heavy (non-hydrogen) atoms. The molecule has 3 aromatic heterocycles. The fourth-order valence-corrected chi connectivity index (χ4v) is 3.25. The predicted octanol–water partition coefficient (Wildman–Crippen LogP) is 0.113. The zero-order valence-electron chi connectivity index (χ0n) is 14.6. The summed E-state index contributed by atoms with van der Waals surface area (Å²) >= 11 is 0. The summed E-state index contributed by atoms with van der Waals surface area (Å²) in [6.07, 6.45) is 4.14. The Morgan fingerprint density at radius 1 is 1.12 bits per heavy atom. The molecule has 9 heteroatoms. The number of pyridine rings is 1. The fraction of sp³-hybridized carbons (Fsp3) is 0.353. The van der Waals surface area contributed by atoms with Crippen LogP contribution < -0.4 is 21.5 Å². The summed E-state index contributed by atoms with van der Waals surface area (Å²) in [5.74, 6) is 1.38. The van der Waals surface area contributed by atoms with E-state index in [2.05, 4.69) is 20.3 Å². The first kappa shape index (κ1) is 16.2. The Bertz CT molecular complexity index is 1090. The van der Waals surface area contributed by atoms with Gasteiger partial charge in [0.1, 0.15) is 17.2 Å². The van der Waals surface area contributed by atoms with E-state index in [-0.39, 0.29) is 17.3 Å². The molecule has 1 aliphatic rings. The third-order valence-electron chi connectivity index (χ3n) is 4.70. The summed E-state index contributed by atoms with van der Waals surface area (Å²) in [5.41, 5.74) is 0.732. The van der Waals surface area contributed by atoms with E-state index in [0.717, 1.165) is 28.9 Å². The van der Waals surface area contributed by atoms with E-state index in [1.165, 1.54) is 17.7 Å². The van der Waals surface area contributed by atoms with Crippen molar-refractivity contribution in [3.05, 3.63) is 51.4 Å². The number of nitrogens with zero attached hydrogens (tertiary/aromatic N) is 6. The van der Waals surface area contributed by atoms with E-state index in [4.69, 9.17) is 0 Å². The predicted molar refractivity (Wildman–Crippen MR) is 98.5 cm³/mol. The second-order valence-electron chi connectivity index (χ2n) is 6.41. The molecule has 0 aliphatic carbocycles. The number of hydrogen-bond donors (Lipinski definition) is 1. The molecule has 0 spiro atoms. The number of aromatic nitrogens is 5. The normalized spacial score (nSPS) is 17.0. The van der Waals surface area contributed by atoms with Gasteiger partial charge < -0.3 is 10.2 Å². The van der Waals surface area contributed by atoms with Crippen LogP contribution in [0.1, 0.15) is 6.42 Å². The van der Waals surface area contributed by atoms with Crippen LogP contribution in [0.4, 0.5) is 11.6 Å². The van der Waals surface area contributed by atoms with Crippen molar-refractivity contribution >= 4 is 22.8 Å². The van der Waals surface area contributed by atoms with Crippen LogP contribution in [0.5, 0.6) is 0 Å². The molecule has 4 heterocycles. The molecule has 0 saturated carbocycles. The van der Waals surface area contributed by atoms with Gasteiger partial charge in [-0.05, 0) is 18.6 Å². The van der Waals surface area contributed by atoms with Crippen molar-refractivity contribution in [2.24, 2.45) is 14.1 Å². The summed E-state index contributed by atoms with van der Waals surface area (Å²) in [7, 11) is 3.17. The van der Waals surface area contributed by atoms with Crippen LogP contribution in [0.3, 0.4) is 0 Å². The summed E-state index contributed by atoms with van der Waals surface area (Å²) in [6.45, 7) is 1.44. The van der Waals surface area contributed by atoms with Crippen LogP contribution in [0.25, 0.3) is 11.2 Å². The zero-order chi connectivity index (χ0) is 18.3. The van der Waals surface area contributed by atoms with E-state index in [9.17, 15) is 9.59 Å². The Morgan fingerprint density at radius 2 is 1.92 bits per heavy atom. The Balaban J connectivity index is 1.53. The Labute approximate surface area is 149 Å². The largest absolute Gasteiger partial charge is 0.365 e. The maximum Gasteiger partial charge on any atom is 0.332 e. The van der Waals surface area contributed by atoms with E-state index in [1.54, 1.807) is 19.4 Å². The number of hydrogen-bond acceptors (Lipinski definition) is 7. The SMILES string of the molecule is Cn1c(N2CC[C@H](Nc3ccc4nccnc4n3)C2)cc(=O)n(C)c1=O. The van der Waals surface area contributed by atoms with Gasteiger partial charge in [0.25, 0.3) is 5.56 Å². The lowest BCUT2D eigenvalue weighted by molar-refractivity contribution is 0.672.